The lowest BCUT2D eigenvalue weighted by molar-refractivity contribution is -0.121. The van der Waals surface area contributed by atoms with Gasteiger partial charge in [0.1, 0.15) is 0 Å². The van der Waals surface area contributed by atoms with Crippen molar-refractivity contribution in [1.82, 2.24) is 5.32 Å². The quantitative estimate of drug-likeness (QED) is 0.862. The number of nitrogens with one attached hydrogen (secondary N) is 1. The van der Waals surface area contributed by atoms with Crippen molar-refractivity contribution in [3.05, 3.63) is 29.3 Å². The Balaban J connectivity index is 2.16. The summed E-state index contributed by atoms with van der Waals surface area (Å²) in [6, 6.07) is 6.51. The molecule has 0 spiro atoms. The van der Waals surface area contributed by atoms with Gasteiger partial charge in [0.15, 0.2) is 0 Å². The van der Waals surface area contributed by atoms with Crippen molar-refractivity contribution < 1.29 is 9.59 Å². The third-order valence-electron chi connectivity index (χ3n) is 3.33. The van der Waals surface area contributed by atoms with Crippen LogP contribution >= 0.6 is 11.6 Å². The maximum Gasteiger partial charge on any atom is 0.251 e. The molecule has 1 saturated heterocycles. The molecule has 1 heterocycles. The first-order chi connectivity index (χ1) is 9.02. The smallest absolute Gasteiger partial charge is 0.251 e. The van der Waals surface area contributed by atoms with Crippen molar-refractivity contribution in [2.24, 2.45) is 0 Å². The Kier molecular flexibility index (Phi) is 4.22. The molecule has 1 aromatic carbocycles. The number of carbonyl (C=O) groups is 2. The van der Waals surface area contributed by atoms with Crippen LogP contribution < -0.4 is 10.2 Å². The summed E-state index contributed by atoms with van der Waals surface area (Å²) in [5.41, 5.74) is 0.577. The van der Waals surface area contributed by atoms with Gasteiger partial charge in [-0.25, -0.2) is 4.90 Å². The molecule has 4 nitrogen and oxygen atoms in total. The maximum atomic E-state index is 12.3. The predicted molar refractivity (Wildman–Crippen MR) is 75.2 cm³/mol. The lowest BCUT2D eigenvalue weighted by Crippen LogP contribution is -2.42. The zero-order valence-electron chi connectivity index (χ0n) is 11.0. The molecule has 0 aliphatic carbocycles. The molecule has 1 aliphatic rings. The SMILES string of the molecule is CCC(C)NC1CC(=O)N(c2ccc(Cl)cc2)C1=O. The molecule has 0 saturated carbocycles. The summed E-state index contributed by atoms with van der Waals surface area (Å²) in [5, 5.41) is 3.76. The first-order valence-corrected chi connectivity index (χ1v) is 6.79. The molecule has 19 heavy (non-hydrogen) atoms. The number of carbonyl (C=O) groups excluding carboxylic acids is 2. The van der Waals surface area contributed by atoms with Gasteiger partial charge < -0.3 is 5.32 Å². The van der Waals surface area contributed by atoms with Gasteiger partial charge in [0, 0.05) is 11.1 Å². The second-order valence-corrected chi connectivity index (χ2v) is 5.21. The van der Waals surface area contributed by atoms with E-state index in [0.717, 1.165) is 6.42 Å². The first-order valence-electron chi connectivity index (χ1n) is 6.41. The van der Waals surface area contributed by atoms with Gasteiger partial charge in [0.05, 0.1) is 18.2 Å². The number of rotatable bonds is 4. The molecule has 2 rings (SSSR count). The minimum absolute atomic E-state index is 0.173. The Labute approximate surface area is 117 Å². The second-order valence-electron chi connectivity index (χ2n) is 4.78. The third-order valence-corrected chi connectivity index (χ3v) is 3.58. The van der Waals surface area contributed by atoms with Gasteiger partial charge >= 0.3 is 0 Å². The Hall–Kier alpha value is -1.39. The van der Waals surface area contributed by atoms with Gasteiger partial charge in [-0.05, 0) is 37.6 Å². The van der Waals surface area contributed by atoms with Gasteiger partial charge in [-0.1, -0.05) is 18.5 Å². The standard InChI is InChI=1S/C14H17ClN2O2/c1-3-9(2)16-12-8-13(18)17(14(12)19)11-6-4-10(15)5-7-11/h4-7,9,12,16H,3,8H2,1-2H3. The molecular weight excluding hydrogens is 264 g/mol. The Morgan fingerprint density at radius 1 is 1.37 bits per heavy atom. The summed E-state index contributed by atoms with van der Waals surface area (Å²) in [5.74, 6) is -0.360. The highest BCUT2D eigenvalue weighted by Crippen LogP contribution is 2.24. The fraction of sp³-hybridized carbons (Fsp3) is 0.429. The van der Waals surface area contributed by atoms with Crippen LogP contribution in [0.3, 0.4) is 0 Å². The zero-order valence-corrected chi connectivity index (χ0v) is 11.8. The minimum atomic E-state index is -0.418. The minimum Gasteiger partial charge on any atom is -0.303 e. The zero-order chi connectivity index (χ0) is 14.0. The fourth-order valence-corrected chi connectivity index (χ4v) is 2.21. The molecule has 0 radical (unpaired) electrons. The normalized spacial score (nSPS) is 21.0. The van der Waals surface area contributed by atoms with Crippen LogP contribution in [0.1, 0.15) is 26.7 Å². The molecule has 0 aromatic heterocycles. The summed E-state index contributed by atoms with van der Waals surface area (Å²) in [6.07, 6.45) is 1.13. The lowest BCUT2D eigenvalue weighted by atomic mass is 10.2. The molecule has 2 amide bonds. The van der Waals surface area contributed by atoms with Gasteiger partial charge in [-0.3, -0.25) is 9.59 Å². The molecule has 2 atom stereocenters. The number of hydrogen-bond acceptors (Lipinski definition) is 3. The second kappa shape index (κ2) is 5.72. The van der Waals surface area contributed by atoms with E-state index in [0.29, 0.717) is 10.7 Å². The van der Waals surface area contributed by atoms with E-state index in [1.807, 2.05) is 13.8 Å². The van der Waals surface area contributed by atoms with Crippen molar-refractivity contribution in [3.63, 3.8) is 0 Å². The summed E-state index contributed by atoms with van der Waals surface area (Å²) in [6.45, 7) is 4.04. The monoisotopic (exact) mass is 280 g/mol. The topological polar surface area (TPSA) is 49.4 Å². The van der Waals surface area contributed by atoms with Crippen molar-refractivity contribution in [2.45, 2.75) is 38.8 Å². The summed E-state index contributed by atoms with van der Waals surface area (Å²) in [7, 11) is 0. The van der Waals surface area contributed by atoms with Crippen LogP contribution in [0.4, 0.5) is 5.69 Å². The molecule has 1 fully saturated rings. The molecule has 1 aromatic rings. The van der Waals surface area contributed by atoms with Crippen molar-refractivity contribution in [3.8, 4) is 0 Å². The highest BCUT2D eigenvalue weighted by molar-refractivity contribution is 6.30. The lowest BCUT2D eigenvalue weighted by Gasteiger charge is -2.18. The molecule has 102 valence electrons. The molecule has 5 heteroatoms. The fourth-order valence-electron chi connectivity index (χ4n) is 2.08. The van der Waals surface area contributed by atoms with Gasteiger partial charge in [0.2, 0.25) is 5.91 Å². The van der Waals surface area contributed by atoms with Gasteiger partial charge in [0.25, 0.3) is 5.91 Å². The van der Waals surface area contributed by atoms with E-state index in [9.17, 15) is 9.59 Å². The van der Waals surface area contributed by atoms with Gasteiger partial charge in [-0.15, -0.1) is 0 Å². The van der Waals surface area contributed by atoms with E-state index < -0.39 is 6.04 Å². The van der Waals surface area contributed by atoms with Gasteiger partial charge in [-0.2, -0.15) is 0 Å². The van der Waals surface area contributed by atoms with E-state index in [4.69, 9.17) is 11.6 Å². The summed E-state index contributed by atoms with van der Waals surface area (Å²) >= 11 is 5.81. The van der Waals surface area contributed by atoms with Crippen molar-refractivity contribution in [2.75, 3.05) is 4.90 Å². The van der Waals surface area contributed by atoms with Crippen LogP contribution in [0.15, 0.2) is 24.3 Å². The van der Waals surface area contributed by atoms with Crippen LogP contribution in [0.5, 0.6) is 0 Å². The average Bonchev–Trinajstić information content (AvgIpc) is 2.66. The van der Waals surface area contributed by atoms with E-state index in [2.05, 4.69) is 5.32 Å². The van der Waals surface area contributed by atoms with Crippen LogP contribution in [-0.4, -0.2) is 23.9 Å². The Bertz CT molecular complexity index is 487. The molecule has 1 aliphatic heterocycles. The Morgan fingerprint density at radius 3 is 2.58 bits per heavy atom. The number of amides is 2. The molecular formula is C14H17ClN2O2. The van der Waals surface area contributed by atoms with E-state index >= 15 is 0 Å². The van der Waals surface area contributed by atoms with Crippen LogP contribution in [0.2, 0.25) is 5.02 Å². The highest BCUT2D eigenvalue weighted by atomic mass is 35.5. The number of anilines is 1. The Morgan fingerprint density at radius 2 is 2.00 bits per heavy atom. The van der Waals surface area contributed by atoms with E-state index in [1.165, 1.54) is 4.90 Å². The first kappa shape index (κ1) is 14.0. The number of benzene rings is 1. The average molecular weight is 281 g/mol. The van der Waals surface area contributed by atoms with Crippen LogP contribution in [0.25, 0.3) is 0 Å². The highest BCUT2D eigenvalue weighted by Gasteiger charge is 2.39. The number of nitrogens with zero attached hydrogens (tertiary/aromatic N) is 1. The number of hydrogen-bond donors (Lipinski definition) is 1. The summed E-state index contributed by atoms with van der Waals surface area (Å²) < 4.78 is 0. The predicted octanol–water partition coefficient (Wildman–Crippen LogP) is 2.36. The van der Waals surface area contributed by atoms with Crippen LogP contribution in [0, 0.1) is 0 Å². The van der Waals surface area contributed by atoms with Crippen LogP contribution in [-0.2, 0) is 9.59 Å². The molecule has 1 N–H and O–H groups in total. The van der Waals surface area contributed by atoms with E-state index in [-0.39, 0.29) is 24.3 Å². The maximum absolute atomic E-state index is 12.3. The molecule has 0 bridgehead atoms. The largest absolute Gasteiger partial charge is 0.303 e. The van der Waals surface area contributed by atoms with Crippen molar-refractivity contribution in [1.29, 1.82) is 0 Å². The van der Waals surface area contributed by atoms with Crippen molar-refractivity contribution >= 4 is 29.1 Å². The molecule has 2 unspecified atom stereocenters. The number of imide groups is 1. The summed E-state index contributed by atoms with van der Waals surface area (Å²) in [4.78, 5) is 25.5. The van der Waals surface area contributed by atoms with E-state index in [1.54, 1.807) is 24.3 Å². The third kappa shape index (κ3) is 2.96. The number of halogens is 1.